The van der Waals surface area contributed by atoms with Crippen molar-refractivity contribution in [2.75, 3.05) is 49.2 Å². The molecule has 2 aromatic heterocycles. The summed E-state index contributed by atoms with van der Waals surface area (Å²) in [5.41, 5.74) is 4.86. The summed E-state index contributed by atoms with van der Waals surface area (Å²) in [4.78, 5) is 17.6. The molecule has 3 aromatic carbocycles. The Bertz CT molecular complexity index is 1880. The molecule has 12 heteroatoms. The lowest BCUT2D eigenvalue weighted by Gasteiger charge is -2.37. The number of hydrogen-bond acceptors (Lipinski definition) is 9. The molecule has 7 rings (SSSR count). The number of rotatable bonds is 11. The van der Waals surface area contributed by atoms with E-state index < -0.39 is 5.79 Å². The number of benzene rings is 3. The highest BCUT2D eigenvalue weighted by atomic mass is 35.5. The molecule has 0 spiro atoms. The molecule has 4 heterocycles. The third-order valence-corrected chi connectivity index (χ3v) is 9.59. The molecule has 0 N–H and O–H groups in total. The number of hydrogen-bond donors (Lipinski definition) is 0. The van der Waals surface area contributed by atoms with Crippen molar-refractivity contribution in [1.82, 2.24) is 24.5 Å². The molecule has 49 heavy (non-hydrogen) atoms. The summed E-state index contributed by atoms with van der Waals surface area (Å²) in [6, 6.07) is 25.9. The molecule has 5 aromatic rings. The van der Waals surface area contributed by atoms with E-state index in [4.69, 9.17) is 25.8 Å². The van der Waals surface area contributed by atoms with Gasteiger partial charge in [-0.15, -0.1) is 0 Å². The molecule has 0 radical (unpaired) electrons. The first-order valence-electron chi connectivity index (χ1n) is 16.7. The second-order valence-corrected chi connectivity index (χ2v) is 13.0. The van der Waals surface area contributed by atoms with Gasteiger partial charge < -0.3 is 24.0 Å². The van der Waals surface area contributed by atoms with Crippen LogP contribution in [-0.4, -0.2) is 70.0 Å². The highest BCUT2D eigenvalue weighted by Gasteiger charge is 2.43. The fourth-order valence-corrected chi connectivity index (χ4v) is 6.47. The Morgan fingerprint density at radius 3 is 2.18 bits per heavy atom. The Kier molecular flexibility index (Phi) is 9.65. The number of anilines is 2. The van der Waals surface area contributed by atoms with Gasteiger partial charge in [0.15, 0.2) is 5.79 Å². The molecule has 2 aliphatic heterocycles. The number of halogens is 1. The minimum Gasteiger partial charge on any atom is -0.491 e. The Morgan fingerprint density at radius 1 is 0.898 bits per heavy atom. The number of nitrogens with zero attached hydrogens (tertiary/aromatic N) is 7. The summed E-state index contributed by atoms with van der Waals surface area (Å²) >= 11 is 6.16. The third kappa shape index (κ3) is 7.19. The zero-order valence-electron chi connectivity index (χ0n) is 27.7. The van der Waals surface area contributed by atoms with Crippen LogP contribution in [0.4, 0.5) is 11.4 Å². The number of ether oxygens (including phenoxy) is 3. The van der Waals surface area contributed by atoms with E-state index in [1.807, 2.05) is 61.5 Å². The van der Waals surface area contributed by atoms with Crippen LogP contribution in [0.5, 0.6) is 5.75 Å². The minimum absolute atomic E-state index is 0.0686. The molecule has 3 atom stereocenters. The third-order valence-electron chi connectivity index (χ3n) is 9.34. The summed E-state index contributed by atoms with van der Waals surface area (Å²) in [7, 11) is 0. The SMILES string of the molecule is CCC(C)n1ncn(-c2ccc(N3CCN(c4ccc(OC[C@@H]5CO[C@@](Cc6ccnnc6)(c6ccc(Cl)cc6)O5)cc4)CC3)cc2)c1=O. The van der Waals surface area contributed by atoms with Crippen LogP contribution in [0.25, 0.3) is 5.69 Å². The monoisotopic (exact) mass is 681 g/mol. The first-order chi connectivity index (χ1) is 23.9. The van der Waals surface area contributed by atoms with Crippen molar-refractivity contribution in [1.29, 1.82) is 0 Å². The van der Waals surface area contributed by atoms with Crippen LogP contribution in [0.3, 0.4) is 0 Å². The van der Waals surface area contributed by atoms with Crippen LogP contribution in [0, 0.1) is 0 Å². The van der Waals surface area contributed by atoms with Gasteiger partial charge in [0.05, 0.1) is 24.5 Å². The van der Waals surface area contributed by atoms with Crippen molar-refractivity contribution in [2.45, 2.75) is 44.6 Å². The van der Waals surface area contributed by atoms with Gasteiger partial charge in [0.1, 0.15) is 24.8 Å². The van der Waals surface area contributed by atoms with Crippen LogP contribution >= 0.6 is 11.6 Å². The maximum Gasteiger partial charge on any atom is 0.350 e. The van der Waals surface area contributed by atoms with Crippen LogP contribution in [0.15, 0.2) is 102 Å². The van der Waals surface area contributed by atoms with Crippen molar-refractivity contribution in [3.63, 3.8) is 0 Å². The first kappa shape index (κ1) is 32.8. The van der Waals surface area contributed by atoms with Gasteiger partial charge >= 0.3 is 5.69 Å². The number of piperazine rings is 1. The van der Waals surface area contributed by atoms with Crippen LogP contribution in [0.1, 0.15) is 37.4 Å². The van der Waals surface area contributed by atoms with Gasteiger partial charge in [0, 0.05) is 60.8 Å². The van der Waals surface area contributed by atoms with E-state index in [-0.39, 0.29) is 17.8 Å². The fourth-order valence-electron chi connectivity index (χ4n) is 6.35. The lowest BCUT2D eigenvalue weighted by Crippen LogP contribution is -2.46. The van der Waals surface area contributed by atoms with Gasteiger partial charge in [-0.25, -0.2) is 14.0 Å². The van der Waals surface area contributed by atoms with Crippen LogP contribution in [-0.2, 0) is 21.7 Å². The average molecular weight is 682 g/mol. The molecule has 2 aliphatic rings. The van der Waals surface area contributed by atoms with Crippen molar-refractivity contribution in [3.05, 3.63) is 124 Å². The molecule has 0 saturated carbocycles. The zero-order valence-corrected chi connectivity index (χ0v) is 28.4. The minimum atomic E-state index is -0.966. The van der Waals surface area contributed by atoms with Crippen molar-refractivity contribution >= 4 is 23.0 Å². The maximum atomic E-state index is 12.8. The summed E-state index contributed by atoms with van der Waals surface area (Å²) in [5, 5.41) is 12.9. The van der Waals surface area contributed by atoms with E-state index in [2.05, 4.69) is 56.3 Å². The lowest BCUT2D eigenvalue weighted by atomic mass is 9.98. The van der Waals surface area contributed by atoms with E-state index in [0.29, 0.717) is 24.7 Å². The Balaban J connectivity index is 0.920. The predicted octanol–water partition coefficient (Wildman–Crippen LogP) is 5.66. The smallest absolute Gasteiger partial charge is 0.350 e. The Hall–Kier alpha value is -4.71. The molecule has 2 fully saturated rings. The number of aromatic nitrogens is 5. The molecule has 1 unspecified atom stereocenters. The first-order valence-corrected chi connectivity index (χ1v) is 17.1. The standard InChI is InChI=1S/C37H40ClN7O4/c1-3-27(2)45-36(46)44(26-41-45)33-10-8-31(9-11-33)42-18-20-43(21-19-42)32-12-14-34(15-13-32)47-24-35-25-48-37(49-35,22-28-16-17-39-40-23-28)29-4-6-30(38)7-5-29/h4-17,23,26-27,35H,3,18-22,24-25H2,1-2H3/t27?,35-,37-/m1/s1. The van der Waals surface area contributed by atoms with Crippen LogP contribution < -0.4 is 20.2 Å². The fraction of sp³-hybridized carbons (Fsp3) is 0.351. The van der Waals surface area contributed by atoms with Crippen molar-refractivity contribution < 1.29 is 14.2 Å². The molecule has 0 bridgehead atoms. The molecule has 0 aliphatic carbocycles. The molecular formula is C37H40ClN7O4. The lowest BCUT2D eigenvalue weighted by molar-refractivity contribution is -0.178. The maximum absolute atomic E-state index is 12.8. The van der Waals surface area contributed by atoms with E-state index in [1.165, 1.54) is 0 Å². The van der Waals surface area contributed by atoms with Gasteiger partial charge in [-0.05, 0) is 85.6 Å². The van der Waals surface area contributed by atoms with E-state index >= 15 is 0 Å². The van der Waals surface area contributed by atoms with Gasteiger partial charge in [-0.3, -0.25) is 0 Å². The topological polar surface area (TPSA) is 99.8 Å². The van der Waals surface area contributed by atoms with Crippen LogP contribution in [0.2, 0.25) is 5.02 Å². The molecule has 2 saturated heterocycles. The van der Waals surface area contributed by atoms with Gasteiger partial charge in [0.25, 0.3) is 0 Å². The largest absolute Gasteiger partial charge is 0.491 e. The second kappa shape index (κ2) is 14.4. The van der Waals surface area contributed by atoms with E-state index in [9.17, 15) is 4.79 Å². The average Bonchev–Trinajstić information content (AvgIpc) is 3.75. The summed E-state index contributed by atoms with van der Waals surface area (Å²) < 4.78 is 22.2. The summed E-state index contributed by atoms with van der Waals surface area (Å²) in [6.45, 7) is 8.40. The van der Waals surface area contributed by atoms with Gasteiger partial charge in [-0.2, -0.15) is 15.3 Å². The molecule has 254 valence electrons. The zero-order chi connectivity index (χ0) is 33.8. The summed E-state index contributed by atoms with van der Waals surface area (Å²) in [5.74, 6) is -0.186. The normalized spacial score (nSPS) is 20.0. The van der Waals surface area contributed by atoms with E-state index in [0.717, 1.165) is 66.5 Å². The molecular weight excluding hydrogens is 642 g/mol. The highest BCUT2D eigenvalue weighted by molar-refractivity contribution is 6.30. The molecule has 0 amide bonds. The quantitative estimate of drug-likeness (QED) is 0.175. The summed E-state index contributed by atoms with van der Waals surface area (Å²) in [6.07, 6.45) is 6.08. The Morgan fingerprint density at radius 2 is 1.55 bits per heavy atom. The predicted molar refractivity (Wildman–Crippen MR) is 189 cm³/mol. The van der Waals surface area contributed by atoms with Crippen molar-refractivity contribution in [2.24, 2.45) is 0 Å². The van der Waals surface area contributed by atoms with E-state index in [1.54, 1.807) is 28.0 Å². The van der Waals surface area contributed by atoms with Crippen molar-refractivity contribution in [3.8, 4) is 11.4 Å². The van der Waals surface area contributed by atoms with Gasteiger partial charge in [0.2, 0.25) is 0 Å². The highest BCUT2D eigenvalue weighted by Crippen LogP contribution is 2.38. The van der Waals surface area contributed by atoms with Gasteiger partial charge in [-0.1, -0.05) is 30.7 Å². The second-order valence-electron chi connectivity index (χ2n) is 12.5. The Labute approximate surface area is 290 Å². The molecule has 11 nitrogen and oxygen atoms in total.